The number of halogens is 1. The molecule has 2 amide bonds. The number of ether oxygens (including phenoxy) is 1. The Bertz CT molecular complexity index is 880. The predicted molar refractivity (Wildman–Crippen MR) is 96.0 cm³/mol. The molecule has 0 aliphatic rings. The van der Waals surface area contributed by atoms with Crippen LogP contribution in [0.2, 0.25) is 0 Å². The Balaban J connectivity index is 1.86. The van der Waals surface area contributed by atoms with Gasteiger partial charge in [-0.1, -0.05) is 12.1 Å². The standard InChI is InChI=1S/C16H14BrN3O7/c1-9(15(22)19-10-4-2-3-5-11(10)20(24)25)26-14(21)8-18-16(23)12-6-7-13(17)27-12/h2-7,9H,8H2,1H3,(H,18,23)(H,19,22)/t9-/m1/s1. The number of furan rings is 1. The first kappa shape index (κ1) is 20.1. The van der Waals surface area contributed by atoms with Gasteiger partial charge in [-0.25, -0.2) is 0 Å². The van der Waals surface area contributed by atoms with E-state index in [9.17, 15) is 24.5 Å². The Morgan fingerprint density at radius 3 is 2.59 bits per heavy atom. The fourth-order valence-corrected chi connectivity index (χ4v) is 2.25. The van der Waals surface area contributed by atoms with Gasteiger partial charge in [-0.15, -0.1) is 0 Å². The summed E-state index contributed by atoms with van der Waals surface area (Å²) in [5, 5.41) is 15.5. The molecule has 0 spiro atoms. The lowest BCUT2D eigenvalue weighted by Crippen LogP contribution is -2.35. The quantitative estimate of drug-likeness (QED) is 0.382. The van der Waals surface area contributed by atoms with E-state index in [1.165, 1.54) is 43.3 Å². The largest absolute Gasteiger partial charge is 0.451 e. The highest BCUT2D eigenvalue weighted by molar-refractivity contribution is 9.10. The van der Waals surface area contributed by atoms with Crippen molar-refractivity contribution in [1.29, 1.82) is 0 Å². The molecule has 0 fully saturated rings. The fourth-order valence-electron chi connectivity index (χ4n) is 1.94. The zero-order valence-electron chi connectivity index (χ0n) is 13.9. The summed E-state index contributed by atoms with van der Waals surface area (Å²) in [4.78, 5) is 45.9. The van der Waals surface area contributed by atoms with Crippen LogP contribution in [0, 0.1) is 10.1 Å². The minimum atomic E-state index is -1.23. The molecule has 0 saturated heterocycles. The van der Waals surface area contributed by atoms with Crippen molar-refractivity contribution in [2.75, 3.05) is 11.9 Å². The number of esters is 1. The van der Waals surface area contributed by atoms with Crippen molar-refractivity contribution in [2.24, 2.45) is 0 Å². The Morgan fingerprint density at radius 2 is 1.96 bits per heavy atom. The van der Waals surface area contributed by atoms with Crippen LogP contribution in [0.1, 0.15) is 17.5 Å². The first-order valence-corrected chi connectivity index (χ1v) is 8.34. The highest BCUT2D eigenvalue weighted by Gasteiger charge is 2.22. The van der Waals surface area contributed by atoms with Crippen LogP contribution < -0.4 is 10.6 Å². The number of carbonyl (C=O) groups is 3. The van der Waals surface area contributed by atoms with Gasteiger partial charge < -0.3 is 19.8 Å². The SMILES string of the molecule is C[C@@H](OC(=O)CNC(=O)c1ccc(Br)o1)C(=O)Nc1ccccc1[N+](=O)[O-]. The second-order valence-electron chi connectivity index (χ2n) is 5.18. The van der Waals surface area contributed by atoms with E-state index >= 15 is 0 Å². The molecule has 0 saturated carbocycles. The number of benzene rings is 1. The summed E-state index contributed by atoms with van der Waals surface area (Å²) in [5.41, 5.74) is -0.312. The van der Waals surface area contributed by atoms with Crippen LogP contribution in [0.25, 0.3) is 0 Å². The Hall–Kier alpha value is -3.21. The molecule has 0 aliphatic carbocycles. The molecule has 1 heterocycles. The van der Waals surface area contributed by atoms with Gasteiger partial charge in [0, 0.05) is 6.07 Å². The van der Waals surface area contributed by atoms with E-state index in [1.807, 2.05) is 0 Å². The number of nitro benzene ring substituents is 1. The van der Waals surface area contributed by atoms with Crippen LogP contribution in [0.5, 0.6) is 0 Å². The maximum atomic E-state index is 12.1. The second kappa shape index (κ2) is 8.94. The van der Waals surface area contributed by atoms with Crippen molar-refractivity contribution in [3.8, 4) is 0 Å². The number of rotatable bonds is 7. The first-order valence-electron chi connectivity index (χ1n) is 7.55. The van der Waals surface area contributed by atoms with Gasteiger partial charge in [-0.3, -0.25) is 24.5 Å². The summed E-state index contributed by atoms with van der Waals surface area (Å²) in [6.07, 6.45) is -1.23. The number of anilines is 1. The smallest absolute Gasteiger partial charge is 0.326 e. The summed E-state index contributed by atoms with van der Waals surface area (Å²) in [6.45, 7) is 0.813. The molecule has 142 valence electrons. The van der Waals surface area contributed by atoms with Gasteiger partial charge >= 0.3 is 5.97 Å². The van der Waals surface area contributed by atoms with E-state index in [1.54, 1.807) is 0 Å². The average Bonchev–Trinajstić information content (AvgIpc) is 3.06. The molecular weight excluding hydrogens is 426 g/mol. The Kier molecular flexibility index (Phi) is 6.66. The molecule has 0 radical (unpaired) electrons. The van der Waals surface area contributed by atoms with Crippen LogP contribution in [0.15, 0.2) is 45.5 Å². The molecule has 1 aromatic heterocycles. The molecule has 27 heavy (non-hydrogen) atoms. The molecule has 11 heteroatoms. The van der Waals surface area contributed by atoms with E-state index in [0.29, 0.717) is 4.67 Å². The minimum absolute atomic E-state index is 0.00291. The lowest BCUT2D eigenvalue weighted by atomic mass is 10.2. The molecule has 2 N–H and O–H groups in total. The highest BCUT2D eigenvalue weighted by Crippen LogP contribution is 2.23. The third-order valence-electron chi connectivity index (χ3n) is 3.23. The summed E-state index contributed by atoms with van der Waals surface area (Å²) in [7, 11) is 0. The predicted octanol–water partition coefficient (Wildman–Crippen LogP) is 2.25. The van der Waals surface area contributed by atoms with Gasteiger partial charge in [0.15, 0.2) is 16.5 Å². The minimum Gasteiger partial charge on any atom is -0.451 e. The van der Waals surface area contributed by atoms with Crippen molar-refractivity contribution in [3.05, 3.63) is 56.9 Å². The number of hydrogen-bond donors (Lipinski definition) is 2. The molecular formula is C16H14BrN3O7. The molecule has 0 bridgehead atoms. The normalized spacial score (nSPS) is 11.3. The van der Waals surface area contributed by atoms with Gasteiger partial charge in [0.25, 0.3) is 17.5 Å². The van der Waals surface area contributed by atoms with E-state index in [-0.39, 0.29) is 17.1 Å². The highest BCUT2D eigenvalue weighted by atomic mass is 79.9. The zero-order valence-corrected chi connectivity index (χ0v) is 15.5. The molecule has 0 unspecified atom stereocenters. The zero-order chi connectivity index (χ0) is 20.0. The second-order valence-corrected chi connectivity index (χ2v) is 5.96. The van der Waals surface area contributed by atoms with Gasteiger partial charge in [0.05, 0.1) is 4.92 Å². The van der Waals surface area contributed by atoms with E-state index in [0.717, 1.165) is 0 Å². The lowest BCUT2D eigenvalue weighted by Gasteiger charge is -2.13. The number of nitrogens with zero attached hydrogens (tertiary/aromatic N) is 1. The van der Waals surface area contributed by atoms with E-state index in [4.69, 9.17) is 9.15 Å². The fraction of sp³-hybridized carbons (Fsp3) is 0.188. The number of nitro groups is 1. The topological polar surface area (TPSA) is 141 Å². The molecule has 1 atom stereocenters. The van der Waals surface area contributed by atoms with Crippen LogP contribution in [-0.2, 0) is 14.3 Å². The van der Waals surface area contributed by atoms with Crippen LogP contribution in [0.3, 0.4) is 0 Å². The third-order valence-corrected chi connectivity index (χ3v) is 3.65. The van der Waals surface area contributed by atoms with Crippen molar-refractivity contribution >= 4 is 45.1 Å². The number of carbonyl (C=O) groups excluding carboxylic acids is 3. The summed E-state index contributed by atoms with van der Waals surface area (Å²) < 4.78 is 10.3. The number of para-hydroxylation sites is 2. The van der Waals surface area contributed by atoms with Crippen molar-refractivity contribution in [1.82, 2.24) is 5.32 Å². The van der Waals surface area contributed by atoms with Gasteiger partial charge in [0.1, 0.15) is 12.2 Å². The van der Waals surface area contributed by atoms with E-state index < -0.39 is 35.4 Å². The number of nitrogens with one attached hydrogen (secondary N) is 2. The number of amides is 2. The average molecular weight is 440 g/mol. The van der Waals surface area contributed by atoms with Crippen molar-refractivity contribution < 1.29 is 28.5 Å². The maximum absolute atomic E-state index is 12.1. The van der Waals surface area contributed by atoms with Crippen molar-refractivity contribution in [2.45, 2.75) is 13.0 Å². The van der Waals surface area contributed by atoms with Gasteiger partial charge in [-0.05, 0) is 41.1 Å². The van der Waals surface area contributed by atoms with Crippen LogP contribution >= 0.6 is 15.9 Å². The summed E-state index contributed by atoms with van der Waals surface area (Å²) >= 11 is 3.05. The van der Waals surface area contributed by atoms with Gasteiger partial charge in [-0.2, -0.15) is 0 Å². The molecule has 0 aliphatic heterocycles. The van der Waals surface area contributed by atoms with Crippen LogP contribution in [-0.4, -0.2) is 35.4 Å². The monoisotopic (exact) mass is 439 g/mol. The lowest BCUT2D eigenvalue weighted by molar-refractivity contribution is -0.383. The molecule has 2 aromatic rings. The summed E-state index contributed by atoms with van der Waals surface area (Å²) in [5.74, 6) is -2.25. The third kappa shape index (κ3) is 5.64. The maximum Gasteiger partial charge on any atom is 0.326 e. The first-order chi connectivity index (χ1) is 12.8. The molecule has 10 nitrogen and oxygen atoms in total. The summed E-state index contributed by atoms with van der Waals surface area (Å²) in [6, 6.07) is 8.48. The van der Waals surface area contributed by atoms with Gasteiger partial charge in [0.2, 0.25) is 0 Å². The molecule has 1 aromatic carbocycles. The van der Waals surface area contributed by atoms with Crippen molar-refractivity contribution in [3.63, 3.8) is 0 Å². The Morgan fingerprint density at radius 1 is 1.26 bits per heavy atom. The molecule has 2 rings (SSSR count). The Labute approximate surface area is 161 Å². The number of hydrogen-bond acceptors (Lipinski definition) is 7. The van der Waals surface area contributed by atoms with Crippen LogP contribution in [0.4, 0.5) is 11.4 Å². The van der Waals surface area contributed by atoms with E-state index in [2.05, 4.69) is 26.6 Å².